The monoisotopic (exact) mass is 266 g/mol. The molecule has 2 rings (SSSR count). The van der Waals surface area contributed by atoms with E-state index in [1.165, 1.54) is 0 Å². The number of rotatable bonds is 3. The number of aromatic nitrogens is 1. The summed E-state index contributed by atoms with van der Waals surface area (Å²) in [7, 11) is 3.20. The summed E-state index contributed by atoms with van der Waals surface area (Å²) in [6.07, 6.45) is -2.18. The van der Waals surface area contributed by atoms with Gasteiger partial charge in [0.2, 0.25) is 0 Å². The van der Waals surface area contributed by atoms with Crippen LogP contribution in [-0.2, 0) is 22.5 Å². The molecular formula is C13H18N2O4. The van der Waals surface area contributed by atoms with E-state index in [1.807, 2.05) is 13.1 Å². The maximum Gasteiger partial charge on any atom is 0.337 e. The first-order valence-electron chi connectivity index (χ1n) is 6.14. The molecule has 2 N–H and O–H groups in total. The van der Waals surface area contributed by atoms with Crippen molar-refractivity contribution in [2.45, 2.75) is 25.2 Å². The standard InChI is InChI=1S/C13H18N2O4/c1-15-6-5-9-8(7-15)3-4-10(14-9)11(16)12(17)13(18)19-2/h3-4,11-12,16-17H,5-7H2,1-2H3. The molecule has 1 aliphatic rings. The fourth-order valence-electron chi connectivity index (χ4n) is 2.15. The van der Waals surface area contributed by atoms with Crippen LogP contribution in [0.1, 0.15) is 23.1 Å². The van der Waals surface area contributed by atoms with Gasteiger partial charge in [0.1, 0.15) is 6.10 Å². The second-order valence-electron chi connectivity index (χ2n) is 4.74. The molecule has 0 amide bonds. The van der Waals surface area contributed by atoms with E-state index in [2.05, 4.69) is 14.6 Å². The van der Waals surface area contributed by atoms with Gasteiger partial charge in [0.25, 0.3) is 0 Å². The zero-order chi connectivity index (χ0) is 14.0. The maximum atomic E-state index is 11.2. The molecule has 1 aromatic rings. The lowest BCUT2D eigenvalue weighted by molar-refractivity contribution is -0.157. The van der Waals surface area contributed by atoms with Crippen LogP contribution in [0, 0.1) is 0 Å². The summed E-state index contributed by atoms with van der Waals surface area (Å²) in [5, 5.41) is 19.5. The van der Waals surface area contributed by atoms with Crippen LogP contribution in [0.15, 0.2) is 12.1 Å². The SMILES string of the molecule is COC(=O)C(O)C(O)c1ccc2c(n1)CCN(C)C2. The molecule has 6 heteroatoms. The Kier molecular flexibility index (Phi) is 4.14. The molecule has 2 heterocycles. The minimum Gasteiger partial charge on any atom is -0.467 e. The number of carbonyl (C=O) groups is 1. The van der Waals surface area contributed by atoms with E-state index < -0.39 is 18.2 Å². The maximum absolute atomic E-state index is 11.2. The third kappa shape index (κ3) is 2.91. The second kappa shape index (κ2) is 5.64. The lowest BCUT2D eigenvalue weighted by Gasteiger charge is -2.25. The molecule has 19 heavy (non-hydrogen) atoms. The van der Waals surface area contributed by atoms with Crippen molar-refractivity contribution in [2.24, 2.45) is 0 Å². The summed E-state index contributed by atoms with van der Waals surface area (Å²) in [6.45, 7) is 1.72. The third-order valence-corrected chi connectivity index (χ3v) is 3.31. The van der Waals surface area contributed by atoms with Gasteiger partial charge in [-0.2, -0.15) is 0 Å². The van der Waals surface area contributed by atoms with Crippen molar-refractivity contribution in [1.29, 1.82) is 0 Å². The van der Waals surface area contributed by atoms with E-state index in [1.54, 1.807) is 6.07 Å². The van der Waals surface area contributed by atoms with Crippen molar-refractivity contribution in [2.75, 3.05) is 20.7 Å². The minimum absolute atomic E-state index is 0.293. The number of carbonyl (C=O) groups excluding carboxylic acids is 1. The number of hydrogen-bond donors (Lipinski definition) is 2. The van der Waals surface area contributed by atoms with Crippen molar-refractivity contribution >= 4 is 5.97 Å². The summed E-state index contributed by atoms with van der Waals surface area (Å²) in [6, 6.07) is 3.51. The highest BCUT2D eigenvalue weighted by Gasteiger charge is 2.28. The van der Waals surface area contributed by atoms with Gasteiger partial charge in [0, 0.05) is 25.2 Å². The lowest BCUT2D eigenvalue weighted by atomic mass is 10.0. The smallest absolute Gasteiger partial charge is 0.337 e. The number of aliphatic hydroxyl groups excluding tert-OH is 2. The molecule has 1 aliphatic heterocycles. The number of aliphatic hydroxyl groups is 2. The first kappa shape index (κ1) is 13.9. The van der Waals surface area contributed by atoms with Crippen molar-refractivity contribution in [3.63, 3.8) is 0 Å². The molecule has 2 atom stereocenters. The molecule has 0 spiro atoms. The average Bonchev–Trinajstić information content (AvgIpc) is 2.44. The Morgan fingerprint density at radius 2 is 2.21 bits per heavy atom. The van der Waals surface area contributed by atoms with Gasteiger partial charge in [0.15, 0.2) is 6.10 Å². The van der Waals surface area contributed by atoms with E-state index in [-0.39, 0.29) is 0 Å². The van der Waals surface area contributed by atoms with E-state index in [0.29, 0.717) is 5.69 Å². The predicted molar refractivity (Wildman–Crippen MR) is 67.3 cm³/mol. The fourth-order valence-corrected chi connectivity index (χ4v) is 2.15. The van der Waals surface area contributed by atoms with Crippen LogP contribution < -0.4 is 0 Å². The van der Waals surface area contributed by atoms with Crippen molar-refractivity contribution in [1.82, 2.24) is 9.88 Å². The molecule has 0 aromatic carbocycles. The third-order valence-electron chi connectivity index (χ3n) is 3.31. The zero-order valence-corrected chi connectivity index (χ0v) is 11.0. The topological polar surface area (TPSA) is 82.9 Å². The first-order chi connectivity index (χ1) is 9.02. The molecule has 0 radical (unpaired) electrons. The van der Waals surface area contributed by atoms with Gasteiger partial charge in [-0.25, -0.2) is 4.79 Å². The summed E-state index contributed by atoms with van der Waals surface area (Å²) in [4.78, 5) is 17.7. The summed E-state index contributed by atoms with van der Waals surface area (Å²) in [5.74, 6) is -0.869. The summed E-state index contributed by atoms with van der Waals surface area (Å²) < 4.78 is 4.40. The van der Waals surface area contributed by atoms with Crippen LogP contribution in [0.4, 0.5) is 0 Å². The predicted octanol–water partition coefficient (Wildman–Crippen LogP) is -0.363. The highest BCUT2D eigenvalue weighted by Crippen LogP contribution is 2.21. The summed E-state index contributed by atoms with van der Waals surface area (Å²) in [5.41, 5.74) is 2.31. The first-order valence-corrected chi connectivity index (χ1v) is 6.14. The average molecular weight is 266 g/mol. The molecule has 0 saturated heterocycles. The van der Waals surface area contributed by atoms with Crippen LogP contribution >= 0.6 is 0 Å². The molecule has 0 saturated carbocycles. The number of esters is 1. The van der Waals surface area contributed by atoms with Gasteiger partial charge in [-0.3, -0.25) is 4.98 Å². The Hall–Kier alpha value is -1.50. The van der Waals surface area contributed by atoms with Gasteiger partial charge in [-0.1, -0.05) is 6.07 Å². The minimum atomic E-state index is -1.61. The van der Waals surface area contributed by atoms with Crippen LogP contribution in [0.2, 0.25) is 0 Å². The van der Waals surface area contributed by atoms with Crippen molar-refractivity contribution in [3.8, 4) is 0 Å². The Morgan fingerprint density at radius 1 is 1.47 bits per heavy atom. The van der Waals surface area contributed by atoms with Crippen LogP contribution in [0.5, 0.6) is 0 Å². The van der Waals surface area contributed by atoms with E-state index in [9.17, 15) is 15.0 Å². The fraction of sp³-hybridized carbons (Fsp3) is 0.538. The molecule has 0 bridgehead atoms. The highest BCUT2D eigenvalue weighted by atomic mass is 16.5. The van der Waals surface area contributed by atoms with Gasteiger partial charge in [-0.15, -0.1) is 0 Å². The number of pyridine rings is 1. The molecular weight excluding hydrogens is 248 g/mol. The molecule has 0 aliphatic carbocycles. The Bertz CT molecular complexity index is 478. The molecule has 0 fully saturated rings. The quantitative estimate of drug-likeness (QED) is 0.727. The van der Waals surface area contributed by atoms with Gasteiger partial charge in [-0.05, 0) is 18.7 Å². The van der Waals surface area contributed by atoms with Crippen molar-refractivity contribution in [3.05, 3.63) is 29.1 Å². The van der Waals surface area contributed by atoms with Gasteiger partial charge >= 0.3 is 5.97 Å². The molecule has 2 unspecified atom stereocenters. The Morgan fingerprint density at radius 3 is 2.89 bits per heavy atom. The van der Waals surface area contributed by atoms with E-state index >= 15 is 0 Å². The van der Waals surface area contributed by atoms with E-state index in [0.717, 1.165) is 37.9 Å². The van der Waals surface area contributed by atoms with Gasteiger partial charge in [0.05, 0.1) is 12.8 Å². The molecule has 6 nitrogen and oxygen atoms in total. The largest absolute Gasteiger partial charge is 0.467 e. The molecule has 104 valence electrons. The van der Waals surface area contributed by atoms with Crippen LogP contribution in [0.25, 0.3) is 0 Å². The number of likely N-dealkylation sites (N-methyl/N-ethyl adjacent to an activating group) is 1. The number of fused-ring (bicyclic) bond motifs is 1. The highest BCUT2D eigenvalue weighted by molar-refractivity contribution is 5.75. The number of methoxy groups -OCH3 is 1. The Balaban J connectivity index is 2.20. The van der Waals surface area contributed by atoms with Crippen LogP contribution in [0.3, 0.4) is 0 Å². The Labute approximate surface area is 111 Å². The second-order valence-corrected chi connectivity index (χ2v) is 4.74. The van der Waals surface area contributed by atoms with Crippen LogP contribution in [-0.4, -0.2) is 52.9 Å². The normalized spacial score (nSPS) is 18.5. The lowest BCUT2D eigenvalue weighted by Crippen LogP contribution is -2.31. The number of ether oxygens (including phenoxy) is 1. The number of hydrogen-bond acceptors (Lipinski definition) is 6. The van der Waals surface area contributed by atoms with E-state index in [4.69, 9.17) is 0 Å². The summed E-state index contributed by atoms with van der Waals surface area (Å²) >= 11 is 0. The molecule has 1 aromatic heterocycles. The number of nitrogens with zero attached hydrogens (tertiary/aromatic N) is 2. The van der Waals surface area contributed by atoms with Gasteiger partial charge < -0.3 is 19.8 Å². The zero-order valence-electron chi connectivity index (χ0n) is 11.0. The van der Waals surface area contributed by atoms with Crippen molar-refractivity contribution < 1.29 is 19.7 Å².